The third-order valence-electron chi connectivity index (χ3n) is 5.90. The molecule has 1 fully saturated rings. The second-order valence-corrected chi connectivity index (χ2v) is 8.91. The first-order valence-electron chi connectivity index (χ1n) is 11.1. The summed E-state index contributed by atoms with van der Waals surface area (Å²) in [5, 5.41) is 9.99. The lowest BCUT2D eigenvalue weighted by molar-refractivity contribution is 0.139. The molecule has 2 aromatic rings. The molecule has 0 atom stereocenters. The maximum absolute atomic E-state index is 10.7. The topological polar surface area (TPSA) is 74.6 Å². The Morgan fingerprint density at radius 2 is 1.88 bits per heavy atom. The molecule has 0 amide bonds. The van der Waals surface area contributed by atoms with Crippen LogP contribution >= 0.6 is 23.2 Å². The van der Waals surface area contributed by atoms with Crippen LogP contribution in [0.4, 0.5) is 16.2 Å². The van der Waals surface area contributed by atoms with Crippen molar-refractivity contribution in [3.8, 4) is 5.75 Å². The van der Waals surface area contributed by atoms with Crippen LogP contribution in [0.15, 0.2) is 41.4 Å². The molecule has 0 aromatic heterocycles. The van der Waals surface area contributed by atoms with Crippen molar-refractivity contribution < 1.29 is 19.4 Å². The summed E-state index contributed by atoms with van der Waals surface area (Å²) >= 11 is 12.5. The van der Waals surface area contributed by atoms with Crippen LogP contribution in [0.2, 0.25) is 10.0 Å². The zero-order valence-electron chi connectivity index (χ0n) is 18.3. The predicted molar refractivity (Wildman–Crippen MR) is 131 cm³/mol. The number of benzene rings is 2. The number of rotatable bonds is 7. The quantitative estimate of drug-likeness (QED) is 0.398. The molecule has 0 saturated carbocycles. The molecule has 2 aromatic carbocycles. The first kappa shape index (κ1) is 23.7. The van der Waals surface area contributed by atoms with E-state index in [0.29, 0.717) is 35.2 Å². The zero-order chi connectivity index (χ0) is 23.2. The highest BCUT2D eigenvalue weighted by atomic mass is 35.5. The van der Waals surface area contributed by atoms with Gasteiger partial charge in [-0.25, -0.2) is 9.79 Å². The van der Waals surface area contributed by atoms with Gasteiger partial charge >= 0.3 is 6.16 Å². The minimum Gasteiger partial charge on any atom is -0.494 e. The van der Waals surface area contributed by atoms with Crippen molar-refractivity contribution in [2.45, 2.75) is 25.7 Å². The Morgan fingerprint density at radius 3 is 2.67 bits per heavy atom. The van der Waals surface area contributed by atoms with E-state index >= 15 is 0 Å². The fourth-order valence-electron chi connectivity index (χ4n) is 4.13. The number of carboxylic acid groups (broad SMARTS) is 1. The molecule has 0 radical (unpaired) electrons. The van der Waals surface area contributed by atoms with E-state index < -0.39 is 6.16 Å². The van der Waals surface area contributed by atoms with E-state index in [1.165, 1.54) is 0 Å². The summed E-state index contributed by atoms with van der Waals surface area (Å²) in [6, 6.07) is 11.5. The van der Waals surface area contributed by atoms with Gasteiger partial charge in [0, 0.05) is 38.7 Å². The molecule has 7 nitrogen and oxygen atoms in total. The Labute approximate surface area is 203 Å². The van der Waals surface area contributed by atoms with E-state index in [2.05, 4.69) is 14.8 Å². The minimum absolute atomic E-state index is 0.227. The first-order valence-corrected chi connectivity index (χ1v) is 11.9. The van der Waals surface area contributed by atoms with Crippen LogP contribution in [0.3, 0.4) is 0 Å². The van der Waals surface area contributed by atoms with Crippen molar-refractivity contribution in [2.24, 2.45) is 4.99 Å². The number of piperazine rings is 1. The fraction of sp³-hybridized carbons (Fsp3) is 0.417. The molecule has 4 rings (SSSR count). The van der Waals surface area contributed by atoms with Crippen LogP contribution < -0.4 is 9.64 Å². The first-order chi connectivity index (χ1) is 16.0. The number of anilines is 1. The summed E-state index contributed by atoms with van der Waals surface area (Å²) in [6.07, 6.45) is 1.86. The SMILES string of the molecule is O=C(O)OC1=Nc2cc(OCCCCN3CCN(c4cccc(Cl)c4Cl)CC3)ccc2CC1. The number of nitrogens with zero attached hydrogens (tertiary/aromatic N) is 3. The third kappa shape index (κ3) is 6.31. The number of halogens is 2. The summed E-state index contributed by atoms with van der Waals surface area (Å²) in [6.45, 7) is 5.50. The van der Waals surface area contributed by atoms with Crippen LogP contribution in [0.5, 0.6) is 5.75 Å². The molecule has 1 saturated heterocycles. The second kappa shape index (κ2) is 11.1. The maximum atomic E-state index is 10.7. The average molecular weight is 492 g/mol. The van der Waals surface area contributed by atoms with Gasteiger partial charge in [-0.1, -0.05) is 35.3 Å². The largest absolute Gasteiger partial charge is 0.512 e. The van der Waals surface area contributed by atoms with Gasteiger partial charge in [-0.3, -0.25) is 4.90 Å². The molecule has 0 spiro atoms. The highest BCUT2D eigenvalue weighted by molar-refractivity contribution is 6.43. The Bertz CT molecular complexity index is 1020. The van der Waals surface area contributed by atoms with Crippen molar-refractivity contribution in [2.75, 3.05) is 44.2 Å². The Balaban J connectivity index is 1.17. The molecule has 2 heterocycles. The molecule has 0 unspecified atom stereocenters. The number of hydrogen-bond donors (Lipinski definition) is 1. The number of fused-ring (bicyclic) bond motifs is 1. The van der Waals surface area contributed by atoms with Crippen molar-refractivity contribution in [1.29, 1.82) is 0 Å². The molecule has 0 aliphatic carbocycles. The molecule has 176 valence electrons. The molecule has 0 bridgehead atoms. The van der Waals surface area contributed by atoms with Gasteiger partial charge in [-0.15, -0.1) is 0 Å². The van der Waals surface area contributed by atoms with E-state index in [0.717, 1.165) is 62.6 Å². The maximum Gasteiger partial charge on any atom is 0.512 e. The Kier molecular flexibility index (Phi) is 7.96. The van der Waals surface area contributed by atoms with Crippen molar-refractivity contribution in [3.63, 3.8) is 0 Å². The van der Waals surface area contributed by atoms with E-state index in [1.807, 2.05) is 36.4 Å². The highest BCUT2D eigenvalue weighted by Crippen LogP contribution is 2.33. The predicted octanol–water partition coefficient (Wildman–Crippen LogP) is 5.65. The van der Waals surface area contributed by atoms with Gasteiger partial charge in [0.05, 0.1) is 28.0 Å². The summed E-state index contributed by atoms with van der Waals surface area (Å²) in [4.78, 5) is 19.8. The van der Waals surface area contributed by atoms with Crippen molar-refractivity contribution in [3.05, 3.63) is 52.0 Å². The lowest BCUT2D eigenvalue weighted by atomic mass is 10.0. The second-order valence-electron chi connectivity index (χ2n) is 8.12. The van der Waals surface area contributed by atoms with E-state index in [4.69, 9.17) is 37.8 Å². The van der Waals surface area contributed by atoms with Gasteiger partial charge in [0.15, 0.2) is 0 Å². The molecule has 1 N–H and O–H groups in total. The van der Waals surface area contributed by atoms with Crippen molar-refractivity contribution in [1.82, 2.24) is 4.90 Å². The number of hydrogen-bond acceptors (Lipinski definition) is 6. The van der Waals surface area contributed by atoms with E-state index in [1.54, 1.807) is 0 Å². The van der Waals surface area contributed by atoms with Gasteiger partial charge in [0.1, 0.15) is 5.75 Å². The molecular formula is C24H27Cl2N3O4. The number of aryl methyl sites for hydroxylation is 1. The lowest BCUT2D eigenvalue weighted by Gasteiger charge is -2.36. The van der Waals surface area contributed by atoms with Crippen LogP contribution in [0, 0.1) is 0 Å². The van der Waals surface area contributed by atoms with E-state index in [-0.39, 0.29) is 5.90 Å². The number of aliphatic imine (C=N–C) groups is 1. The van der Waals surface area contributed by atoms with E-state index in [9.17, 15) is 4.79 Å². The van der Waals surface area contributed by atoms with Crippen LogP contribution in [-0.4, -0.2) is 61.4 Å². The van der Waals surface area contributed by atoms with Crippen LogP contribution in [0.25, 0.3) is 0 Å². The van der Waals surface area contributed by atoms with Gasteiger partial charge in [0.25, 0.3) is 0 Å². The van der Waals surface area contributed by atoms with Gasteiger partial charge in [-0.05, 0) is 49.6 Å². The Morgan fingerprint density at radius 1 is 1.06 bits per heavy atom. The number of carbonyl (C=O) groups is 1. The lowest BCUT2D eigenvalue weighted by Crippen LogP contribution is -2.46. The molecular weight excluding hydrogens is 465 g/mol. The fourth-order valence-corrected chi connectivity index (χ4v) is 4.55. The van der Waals surface area contributed by atoms with Gasteiger partial charge in [-0.2, -0.15) is 0 Å². The van der Waals surface area contributed by atoms with Gasteiger partial charge in [0.2, 0.25) is 5.90 Å². The molecule has 2 aliphatic heterocycles. The molecule has 33 heavy (non-hydrogen) atoms. The zero-order valence-corrected chi connectivity index (χ0v) is 19.8. The number of ether oxygens (including phenoxy) is 2. The smallest absolute Gasteiger partial charge is 0.494 e. The monoisotopic (exact) mass is 491 g/mol. The van der Waals surface area contributed by atoms with Crippen LogP contribution in [-0.2, 0) is 11.2 Å². The summed E-state index contributed by atoms with van der Waals surface area (Å²) in [7, 11) is 0. The highest BCUT2D eigenvalue weighted by Gasteiger charge is 2.19. The summed E-state index contributed by atoms with van der Waals surface area (Å²) < 4.78 is 10.6. The molecule has 2 aliphatic rings. The molecule has 9 heteroatoms. The number of unbranched alkanes of at least 4 members (excludes halogenated alkanes) is 1. The van der Waals surface area contributed by atoms with Crippen LogP contribution in [0.1, 0.15) is 24.8 Å². The standard InChI is InChI=1S/C24H27Cl2N3O4/c25-19-4-3-5-21(23(19)26)29-13-11-28(12-14-29)10-1-2-15-32-18-8-6-17-7-9-22(33-24(30)31)27-20(17)16-18/h3-6,8,16H,1-2,7,9-15H2,(H,30,31). The third-order valence-corrected chi connectivity index (χ3v) is 6.71. The normalized spacial score (nSPS) is 16.2. The minimum atomic E-state index is -1.33. The summed E-state index contributed by atoms with van der Waals surface area (Å²) in [5.74, 6) is 0.964. The Hall–Kier alpha value is -2.48. The van der Waals surface area contributed by atoms with Crippen molar-refractivity contribution >= 4 is 46.6 Å². The van der Waals surface area contributed by atoms with Gasteiger partial charge < -0.3 is 19.5 Å². The summed E-state index contributed by atoms with van der Waals surface area (Å²) in [5.41, 5.74) is 2.79. The average Bonchev–Trinajstić information content (AvgIpc) is 2.80.